The van der Waals surface area contributed by atoms with Gasteiger partial charge in [0.15, 0.2) is 4.96 Å². The molecule has 6 nitrogen and oxygen atoms in total. The number of imidazole rings is 1. The van der Waals surface area contributed by atoms with E-state index in [-0.39, 0.29) is 6.42 Å². The van der Waals surface area contributed by atoms with E-state index in [2.05, 4.69) is 4.98 Å². The monoisotopic (exact) mass is 380 g/mol. The fourth-order valence-corrected chi connectivity index (χ4v) is 3.65. The molecule has 0 atom stereocenters. The quantitative estimate of drug-likeness (QED) is 0.666. The van der Waals surface area contributed by atoms with Crippen LogP contribution in [0.1, 0.15) is 18.7 Å². The smallest absolute Gasteiger partial charge is 0.308 e. The van der Waals surface area contributed by atoms with Gasteiger partial charge >= 0.3 is 5.97 Å². The fraction of sp³-hybridized carbons (Fsp3) is 0.294. The highest BCUT2D eigenvalue weighted by Crippen LogP contribution is 2.39. The van der Waals surface area contributed by atoms with Crippen molar-refractivity contribution in [1.82, 2.24) is 9.38 Å². The maximum atomic E-state index is 10.8. The number of ether oxygens (including phenoxy) is 2. The average Bonchev–Trinajstić information content (AvgIpc) is 3.08. The van der Waals surface area contributed by atoms with Gasteiger partial charge in [0, 0.05) is 28.9 Å². The highest BCUT2D eigenvalue weighted by Gasteiger charge is 2.16. The zero-order valence-corrected chi connectivity index (χ0v) is 15.4. The molecule has 0 saturated carbocycles. The Kier molecular flexibility index (Phi) is 5.15. The maximum Gasteiger partial charge on any atom is 0.308 e. The van der Waals surface area contributed by atoms with Crippen molar-refractivity contribution in [2.24, 2.45) is 0 Å². The van der Waals surface area contributed by atoms with Gasteiger partial charge in [-0.05, 0) is 19.9 Å². The molecule has 0 fully saturated rings. The van der Waals surface area contributed by atoms with Crippen LogP contribution >= 0.6 is 22.9 Å². The van der Waals surface area contributed by atoms with E-state index < -0.39 is 5.97 Å². The number of fused-ring (bicyclic) bond motifs is 1. The first-order valence-corrected chi connectivity index (χ1v) is 9.00. The molecule has 0 aliphatic rings. The molecule has 3 rings (SSSR count). The largest absolute Gasteiger partial charge is 0.493 e. The summed E-state index contributed by atoms with van der Waals surface area (Å²) in [5.74, 6) is 0.356. The first kappa shape index (κ1) is 17.6. The van der Waals surface area contributed by atoms with Gasteiger partial charge in [0.1, 0.15) is 11.5 Å². The topological polar surface area (TPSA) is 73.1 Å². The van der Waals surface area contributed by atoms with Gasteiger partial charge in [0.05, 0.1) is 30.4 Å². The van der Waals surface area contributed by atoms with E-state index in [1.807, 2.05) is 24.4 Å². The molecule has 25 heavy (non-hydrogen) atoms. The molecule has 0 saturated heterocycles. The molecule has 3 aromatic rings. The Morgan fingerprint density at radius 1 is 1.24 bits per heavy atom. The van der Waals surface area contributed by atoms with Crippen LogP contribution < -0.4 is 9.47 Å². The van der Waals surface area contributed by atoms with Gasteiger partial charge in [0.25, 0.3) is 0 Å². The van der Waals surface area contributed by atoms with Gasteiger partial charge in [-0.1, -0.05) is 11.6 Å². The molecule has 2 heterocycles. The predicted octanol–water partition coefficient (Wildman–Crippen LogP) is 4.14. The minimum absolute atomic E-state index is 0.0115. The number of halogens is 1. The lowest BCUT2D eigenvalue weighted by molar-refractivity contribution is -0.136. The maximum absolute atomic E-state index is 10.8. The second-order valence-corrected chi connectivity index (χ2v) is 6.73. The van der Waals surface area contributed by atoms with Crippen LogP contribution in [0, 0.1) is 0 Å². The third-order valence-electron chi connectivity index (χ3n) is 3.44. The normalized spacial score (nSPS) is 11.0. The number of hydrogen-bond donors (Lipinski definition) is 1. The van der Waals surface area contributed by atoms with E-state index in [0.29, 0.717) is 35.4 Å². The standard InChI is InChI=1S/C17H17ClN2O4S/c1-3-23-14-7-15(24-4-2)12(18)6-11(14)13-9-20-8-10(5-16(21)22)25-17(20)19-13/h6-9H,3-5H2,1-2H3,(H,21,22). The lowest BCUT2D eigenvalue weighted by Crippen LogP contribution is -1.98. The summed E-state index contributed by atoms with van der Waals surface area (Å²) in [5, 5.41) is 9.38. The molecule has 132 valence electrons. The Hall–Kier alpha value is -2.25. The second-order valence-electron chi connectivity index (χ2n) is 5.23. The molecule has 0 aliphatic heterocycles. The van der Waals surface area contributed by atoms with E-state index in [1.54, 1.807) is 18.3 Å². The third kappa shape index (κ3) is 3.72. The number of nitrogens with zero attached hydrogens (tertiary/aromatic N) is 2. The zero-order valence-electron chi connectivity index (χ0n) is 13.8. The number of aromatic nitrogens is 2. The Morgan fingerprint density at radius 3 is 2.60 bits per heavy atom. The van der Waals surface area contributed by atoms with Gasteiger partial charge in [-0.15, -0.1) is 11.3 Å². The summed E-state index contributed by atoms with van der Waals surface area (Å²) >= 11 is 7.66. The van der Waals surface area contributed by atoms with Gasteiger partial charge in [0.2, 0.25) is 0 Å². The zero-order chi connectivity index (χ0) is 18.0. The van der Waals surface area contributed by atoms with Crippen molar-refractivity contribution in [3.05, 3.63) is 34.4 Å². The molecule has 2 aromatic heterocycles. The predicted molar refractivity (Wildman–Crippen MR) is 97.2 cm³/mol. The van der Waals surface area contributed by atoms with Crippen molar-refractivity contribution in [2.45, 2.75) is 20.3 Å². The van der Waals surface area contributed by atoms with Gasteiger partial charge in [-0.2, -0.15) is 0 Å². The molecule has 1 aromatic carbocycles. The van der Waals surface area contributed by atoms with Crippen molar-refractivity contribution in [1.29, 1.82) is 0 Å². The number of benzene rings is 1. The summed E-state index contributed by atoms with van der Waals surface area (Å²) in [6.45, 7) is 4.81. The van der Waals surface area contributed by atoms with Crippen molar-refractivity contribution < 1.29 is 19.4 Å². The van der Waals surface area contributed by atoms with Crippen LogP contribution in [0.4, 0.5) is 0 Å². The van der Waals surface area contributed by atoms with Crippen LogP contribution in [0.25, 0.3) is 16.2 Å². The molecular weight excluding hydrogens is 364 g/mol. The van der Waals surface area contributed by atoms with Crippen LogP contribution in [0.2, 0.25) is 5.02 Å². The Bertz CT molecular complexity index is 887. The first-order valence-electron chi connectivity index (χ1n) is 7.80. The SMILES string of the molecule is CCOc1cc(OCC)c(-c2cn3cc(CC(=O)O)sc3n2)cc1Cl. The lowest BCUT2D eigenvalue weighted by atomic mass is 10.1. The number of carboxylic acids is 1. The minimum Gasteiger partial charge on any atom is -0.493 e. The van der Waals surface area contributed by atoms with Crippen molar-refractivity contribution in [3.63, 3.8) is 0 Å². The number of rotatable bonds is 7. The number of thiazole rings is 1. The van der Waals surface area contributed by atoms with Crippen molar-refractivity contribution >= 4 is 33.9 Å². The lowest BCUT2D eigenvalue weighted by Gasteiger charge is -2.13. The average molecular weight is 381 g/mol. The Balaban J connectivity index is 2.02. The number of hydrogen-bond acceptors (Lipinski definition) is 5. The summed E-state index contributed by atoms with van der Waals surface area (Å²) in [5.41, 5.74) is 1.48. The molecule has 0 radical (unpaired) electrons. The van der Waals surface area contributed by atoms with Crippen LogP contribution in [-0.2, 0) is 11.2 Å². The van der Waals surface area contributed by atoms with Crippen LogP contribution in [0.15, 0.2) is 24.5 Å². The first-order chi connectivity index (χ1) is 12.0. The summed E-state index contributed by atoms with van der Waals surface area (Å²) in [4.78, 5) is 16.9. The summed E-state index contributed by atoms with van der Waals surface area (Å²) in [7, 11) is 0. The second kappa shape index (κ2) is 7.33. The Labute approximate surface area is 153 Å². The molecule has 0 unspecified atom stereocenters. The molecule has 0 spiro atoms. The summed E-state index contributed by atoms with van der Waals surface area (Å²) in [6.07, 6.45) is 3.61. The van der Waals surface area contributed by atoms with E-state index in [1.165, 1.54) is 11.3 Å². The highest BCUT2D eigenvalue weighted by atomic mass is 35.5. The van der Waals surface area contributed by atoms with Crippen LogP contribution in [-0.4, -0.2) is 33.7 Å². The molecule has 0 aliphatic carbocycles. The molecular formula is C17H17ClN2O4S. The molecule has 0 amide bonds. The van der Waals surface area contributed by atoms with E-state index in [4.69, 9.17) is 26.2 Å². The van der Waals surface area contributed by atoms with Gasteiger partial charge < -0.3 is 14.6 Å². The van der Waals surface area contributed by atoms with Gasteiger partial charge in [-0.25, -0.2) is 4.98 Å². The van der Waals surface area contributed by atoms with Crippen LogP contribution in [0.3, 0.4) is 0 Å². The van der Waals surface area contributed by atoms with E-state index in [9.17, 15) is 4.79 Å². The molecule has 1 N–H and O–H groups in total. The number of carbonyl (C=O) groups is 1. The summed E-state index contributed by atoms with van der Waals surface area (Å²) in [6, 6.07) is 3.55. The summed E-state index contributed by atoms with van der Waals surface area (Å²) < 4.78 is 13.1. The number of aliphatic carboxylic acids is 1. The highest BCUT2D eigenvalue weighted by molar-refractivity contribution is 7.17. The molecule has 0 bridgehead atoms. The van der Waals surface area contributed by atoms with Gasteiger partial charge in [-0.3, -0.25) is 9.20 Å². The van der Waals surface area contributed by atoms with Crippen molar-refractivity contribution in [3.8, 4) is 22.8 Å². The van der Waals surface area contributed by atoms with E-state index in [0.717, 1.165) is 15.4 Å². The molecule has 8 heteroatoms. The fourth-order valence-electron chi connectivity index (χ4n) is 2.48. The van der Waals surface area contributed by atoms with Crippen molar-refractivity contribution in [2.75, 3.05) is 13.2 Å². The minimum atomic E-state index is -0.860. The number of carboxylic acid groups (broad SMARTS) is 1. The Morgan fingerprint density at radius 2 is 1.96 bits per heavy atom. The third-order valence-corrected chi connectivity index (χ3v) is 4.73. The van der Waals surface area contributed by atoms with E-state index >= 15 is 0 Å². The van der Waals surface area contributed by atoms with Crippen LogP contribution in [0.5, 0.6) is 11.5 Å².